The van der Waals surface area contributed by atoms with E-state index in [1.165, 1.54) is 0 Å². The molecular formula is C20H24N2O6. The molecule has 0 N–H and O–H groups in total. The van der Waals surface area contributed by atoms with Crippen LogP contribution in [0.25, 0.3) is 0 Å². The molecule has 2 aliphatic heterocycles. The fraction of sp³-hybridized carbons (Fsp3) is 0.500. The molecule has 1 saturated heterocycles. The predicted octanol–water partition coefficient (Wildman–Crippen LogP) is 1.24. The standard InChI is InChI=1S/C20H24N2O6/c1-13-10-21(11-14(2)28-13)17(23)12-27-18(24)8-5-9-22-19(25)15-6-3-4-7-16(15)20(22)26/h3-4,6-7,13-14H,5,8-12H2,1-2H3. The highest BCUT2D eigenvalue weighted by Crippen LogP contribution is 2.22. The molecule has 2 aliphatic rings. The first-order valence-corrected chi connectivity index (χ1v) is 9.41. The Labute approximate surface area is 163 Å². The van der Waals surface area contributed by atoms with E-state index in [9.17, 15) is 19.2 Å². The number of benzene rings is 1. The Morgan fingerprint density at radius 1 is 1.07 bits per heavy atom. The third kappa shape index (κ3) is 4.39. The smallest absolute Gasteiger partial charge is 0.306 e. The molecule has 2 heterocycles. The van der Waals surface area contributed by atoms with E-state index in [1.807, 2.05) is 13.8 Å². The number of imide groups is 1. The molecule has 1 fully saturated rings. The Kier molecular flexibility index (Phi) is 6.08. The molecule has 0 aromatic heterocycles. The molecule has 0 bridgehead atoms. The quantitative estimate of drug-likeness (QED) is 0.538. The molecule has 3 amide bonds. The van der Waals surface area contributed by atoms with Crippen LogP contribution in [0, 0.1) is 0 Å². The lowest BCUT2D eigenvalue weighted by molar-refractivity contribution is -0.157. The minimum absolute atomic E-state index is 0.0244. The molecule has 2 atom stereocenters. The number of rotatable bonds is 6. The predicted molar refractivity (Wildman–Crippen MR) is 98.6 cm³/mol. The van der Waals surface area contributed by atoms with Crippen LogP contribution in [-0.2, 0) is 19.1 Å². The van der Waals surface area contributed by atoms with Gasteiger partial charge in [0, 0.05) is 26.1 Å². The van der Waals surface area contributed by atoms with Crippen LogP contribution in [0.5, 0.6) is 0 Å². The van der Waals surface area contributed by atoms with Crippen LogP contribution in [-0.4, -0.2) is 71.9 Å². The van der Waals surface area contributed by atoms with Crippen molar-refractivity contribution in [1.82, 2.24) is 9.80 Å². The molecule has 8 heteroatoms. The van der Waals surface area contributed by atoms with Crippen LogP contribution >= 0.6 is 0 Å². The zero-order valence-electron chi connectivity index (χ0n) is 16.1. The van der Waals surface area contributed by atoms with Crippen molar-refractivity contribution in [3.05, 3.63) is 35.4 Å². The van der Waals surface area contributed by atoms with E-state index in [-0.39, 0.29) is 55.9 Å². The summed E-state index contributed by atoms with van der Waals surface area (Å²) in [6, 6.07) is 6.64. The highest BCUT2D eigenvalue weighted by atomic mass is 16.5. The third-order valence-corrected chi connectivity index (χ3v) is 4.77. The summed E-state index contributed by atoms with van der Waals surface area (Å²) < 4.78 is 10.6. The first-order valence-electron chi connectivity index (χ1n) is 9.41. The fourth-order valence-corrected chi connectivity index (χ4v) is 3.51. The van der Waals surface area contributed by atoms with Gasteiger partial charge >= 0.3 is 5.97 Å². The van der Waals surface area contributed by atoms with Gasteiger partial charge in [0.1, 0.15) is 0 Å². The van der Waals surface area contributed by atoms with E-state index in [0.717, 1.165) is 4.90 Å². The molecule has 2 unspecified atom stereocenters. The number of carbonyl (C=O) groups excluding carboxylic acids is 4. The summed E-state index contributed by atoms with van der Waals surface area (Å²) in [4.78, 5) is 51.4. The first kappa shape index (κ1) is 20.0. The van der Waals surface area contributed by atoms with Gasteiger partial charge < -0.3 is 14.4 Å². The van der Waals surface area contributed by atoms with Crippen LogP contribution in [0.1, 0.15) is 47.4 Å². The van der Waals surface area contributed by atoms with E-state index >= 15 is 0 Å². The van der Waals surface area contributed by atoms with Crippen molar-refractivity contribution in [2.24, 2.45) is 0 Å². The van der Waals surface area contributed by atoms with Gasteiger partial charge in [-0.1, -0.05) is 12.1 Å². The molecule has 0 spiro atoms. The Balaban J connectivity index is 1.40. The van der Waals surface area contributed by atoms with E-state index < -0.39 is 5.97 Å². The van der Waals surface area contributed by atoms with E-state index in [1.54, 1.807) is 29.2 Å². The highest BCUT2D eigenvalue weighted by Gasteiger charge is 2.34. The van der Waals surface area contributed by atoms with Gasteiger partial charge in [-0.2, -0.15) is 0 Å². The highest BCUT2D eigenvalue weighted by molar-refractivity contribution is 6.21. The summed E-state index contributed by atoms with van der Waals surface area (Å²) in [5.74, 6) is -1.48. The lowest BCUT2D eigenvalue weighted by Gasteiger charge is -2.35. The molecular weight excluding hydrogens is 364 g/mol. The largest absolute Gasteiger partial charge is 0.456 e. The number of hydrogen-bond acceptors (Lipinski definition) is 6. The Bertz CT molecular complexity index is 748. The third-order valence-electron chi connectivity index (χ3n) is 4.77. The second-order valence-corrected chi connectivity index (χ2v) is 7.13. The summed E-state index contributed by atoms with van der Waals surface area (Å²) in [7, 11) is 0. The monoisotopic (exact) mass is 388 g/mol. The maximum atomic E-state index is 12.3. The molecule has 28 heavy (non-hydrogen) atoms. The average molecular weight is 388 g/mol. The first-order chi connectivity index (χ1) is 13.4. The van der Waals surface area contributed by atoms with E-state index in [2.05, 4.69) is 0 Å². The summed E-state index contributed by atoms with van der Waals surface area (Å²) in [5.41, 5.74) is 0.768. The van der Waals surface area contributed by atoms with Gasteiger partial charge in [-0.25, -0.2) is 0 Å². The summed E-state index contributed by atoms with van der Waals surface area (Å²) in [6.07, 6.45) is 0.201. The van der Waals surface area contributed by atoms with Gasteiger partial charge in [-0.15, -0.1) is 0 Å². The van der Waals surface area contributed by atoms with Crippen LogP contribution < -0.4 is 0 Å². The number of ether oxygens (including phenoxy) is 2. The van der Waals surface area contributed by atoms with Gasteiger partial charge in [0.25, 0.3) is 17.7 Å². The maximum absolute atomic E-state index is 12.3. The maximum Gasteiger partial charge on any atom is 0.306 e. The lowest BCUT2D eigenvalue weighted by atomic mass is 10.1. The number of hydrogen-bond donors (Lipinski definition) is 0. The second kappa shape index (κ2) is 8.52. The van der Waals surface area contributed by atoms with Crippen molar-refractivity contribution >= 4 is 23.7 Å². The van der Waals surface area contributed by atoms with Crippen molar-refractivity contribution in [2.75, 3.05) is 26.2 Å². The zero-order valence-corrected chi connectivity index (χ0v) is 16.1. The molecule has 1 aromatic rings. The van der Waals surface area contributed by atoms with Crippen molar-refractivity contribution in [3.8, 4) is 0 Å². The van der Waals surface area contributed by atoms with Crippen molar-refractivity contribution in [3.63, 3.8) is 0 Å². The number of nitrogens with zero attached hydrogens (tertiary/aromatic N) is 2. The van der Waals surface area contributed by atoms with Gasteiger partial charge in [-0.3, -0.25) is 24.1 Å². The molecule has 150 valence electrons. The fourth-order valence-electron chi connectivity index (χ4n) is 3.51. The van der Waals surface area contributed by atoms with E-state index in [4.69, 9.17) is 9.47 Å². The molecule has 3 rings (SSSR count). The number of esters is 1. The van der Waals surface area contributed by atoms with Crippen LogP contribution in [0.3, 0.4) is 0 Å². The normalized spacial score (nSPS) is 21.6. The van der Waals surface area contributed by atoms with Crippen molar-refractivity contribution in [2.45, 2.75) is 38.9 Å². The van der Waals surface area contributed by atoms with Crippen LogP contribution in [0.2, 0.25) is 0 Å². The van der Waals surface area contributed by atoms with Crippen LogP contribution in [0.4, 0.5) is 0 Å². The number of carbonyl (C=O) groups is 4. The van der Waals surface area contributed by atoms with Crippen LogP contribution in [0.15, 0.2) is 24.3 Å². The van der Waals surface area contributed by atoms with Gasteiger partial charge in [0.15, 0.2) is 6.61 Å². The topological polar surface area (TPSA) is 93.2 Å². The Morgan fingerprint density at radius 2 is 1.64 bits per heavy atom. The molecule has 8 nitrogen and oxygen atoms in total. The number of morpholine rings is 1. The summed E-state index contributed by atoms with van der Waals surface area (Å²) in [6.45, 7) is 4.54. The van der Waals surface area contributed by atoms with Gasteiger partial charge in [0.05, 0.1) is 23.3 Å². The van der Waals surface area contributed by atoms with Crippen molar-refractivity contribution < 1.29 is 28.7 Å². The average Bonchev–Trinajstić information content (AvgIpc) is 2.90. The minimum Gasteiger partial charge on any atom is -0.456 e. The molecule has 0 aliphatic carbocycles. The van der Waals surface area contributed by atoms with E-state index in [0.29, 0.717) is 24.2 Å². The SMILES string of the molecule is CC1CN(C(=O)COC(=O)CCCN2C(=O)c3ccccc3C2=O)CC(C)O1. The molecule has 1 aromatic carbocycles. The van der Waals surface area contributed by atoms with Gasteiger partial charge in [-0.05, 0) is 32.4 Å². The zero-order chi connectivity index (χ0) is 20.3. The molecule has 0 saturated carbocycles. The number of amides is 3. The van der Waals surface area contributed by atoms with Crippen molar-refractivity contribution in [1.29, 1.82) is 0 Å². The summed E-state index contributed by atoms with van der Waals surface area (Å²) in [5, 5.41) is 0. The Hall–Kier alpha value is -2.74. The minimum atomic E-state index is -0.528. The number of fused-ring (bicyclic) bond motifs is 1. The lowest BCUT2D eigenvalue weighted by Crippen LogP contribution is -2.49. The summed E-state index contributed by atoms with van der Waals surface area (Å²) >= 11 is 0. The van der Waals surface area contributed by atoms with Gasteiger partial charge in [0.2, 0.25) is 0 Å². The molecule has 0 radical (unpaired) electrons. The second-order valence-electron chi connectivity index (χ2n) is 7.13. The Morgan fingerprint density at radius 3 is 2.21 bits per heavy atom.